The third-order valence-electron chi connectivity index (χ3n) is 5.38. The molecule has 2 aromatic heterocycles. The molecule has 0 aliphatic carbocycles. The van der Waals surface area contributed by atoms with Crippen molar-refractivity contribution in [2.45, 2.75) is 18.4 Å². The molecule has 2 bridgehead atoms. The molecule has 1 spiro atoms. The highest BCUT2D eigenvalue weighted by molar-refractivity contribution is 5.89. The van der Waals surface area contributed by atoms with Gasteiger partial charge in [0.15, 0.2) is 11.5 Å². The minimum Gasteiger partial charge on any atom is -0.461 e. The molecule has 23 heavy (non-hydrogen) atoms. The van der Waals surface area contributed by atoms with Crippen LogP contribution in [0.2, 0.25) is 0 Å². The molecule has 4 aliphatic rings. The summed E-state index contributed by atoms with van der Waals surface area (Å²) in [5.41, 5.74) is -0.370. The second kappa shape index (κ2) is 4.64. The van der Waals surface area contributed by atoms with Crippen molar-refractivity contribution in [3.63, 3.8) is 0 Å². The van der Waals surface area contributed by atoms with E-state index in [1.54, 1.807) is 17.2 Å². The number of hydrogen-bond donors (Lipinski definition) is 0. The molecule has 0 aromatic carbocycles. The first-order valence-corrected chi connectivity index (χ1v) is 8.10. The number of ether oxygens (including phenoxy) is 1. The van der Waals surface area contributed by atoms with Crippen molar-refractivity contribution in [2.75, 3.05) is 31.1 Å². The van der Waals surface area contributed by atoms with Gasteiger partial charge in [-0.05, 0) is 44.1 Å². The van der Waals surface area contributed by atoms with E-state index in [0.717, 1.165) is 32.5 Å². The molecule has 6 heterocycles. The fraction of sp³-hybridized carbons (Fsp3) is 0.471. The van der Waals surface area contributed by atoms with Crippen molar-refractivity contribution >= 4 is 12.0 Å². The molecule has 6 nitrogen and oxygen atoms in total. The number of nitrogens with zero attached hydrogens (tertiary/aromatic N) is 2. The third-order valence-corrected chi connectivity index (χ3v) is 5.38. The van der Waals surface area contributed by atoms with E-state index in [2.05, 4.69) is 4.90 Å². The number of carbonyl (C=O) groups is 1. The smallest absolute Gasteiger partial charge is 0.417 e. The van der Waals surface area contributed by atoms with Crippen LogP contribution >= 0.6 is 0 Å². The number of rotatable bonds is 2. The Balaban J connectivity index is 1.43. The van der Waals surface area contributed by atoms with Gasteiger partial charge in [0.05, 0.1) is 12.8 Å². The Labute approximate surface area is 133 Å². The van der Waals surface area contributed by atoms with Crippen LogP contribution in [0, 0.1) is 5.92 Å². The summed E-state index contributed by atoms with van der Waals surface area (Å²) < 4.78 is 17.0. The molecule has 2 aromatic rings. The highest BCUT2D eigenvalue weighted by Gasteiger charge is 2.56. The summed E-state index contributed by atoms with van der Waals surface area (Å²) in [7, 11) is 0. The highest BCUT2D eigenvalue weighted by Crippen LogP contribution is 2.43. The Bertz CT molecular complexity index is 730. The predicted molar refractivity (Wildman–Crippen MR) is 82.1 cm³/mol. The summed E-state index contributed by atoms with van der Waals surface area (Å²) in [6.07, 6.45) is 3.51. The van der Waals surface area contributed by atoms with E-state index in [1.807, 2.05) is 18.2 Å². The van der Waals surface area contributed by atoms with Crippen LogP contribution in [-0.4, -0.2) is 42.8 Å². The maximum atomic E-state index is 12.4. The quantitative estimate of drug-likeness (QED) is 0.853. The van der Waals surface area contributed by atoms with Gasteiger partial charge in [-0.15, -0.1) is 0 Å². The first-order chi connectivity index (χ1) is 11.2. The minimum absolute atomic E-state index is 0.306. The minimum atomic E-state index is -0.370. The first-order valence-electron chi connectivity index (χ1n) is 8.10. The zero-order valence-corrected chi connectivity index (χ0v) is 12.7. The Hall–Kier alpha value is -2.21. The molecule has 0 radical (unpaired) electrons. The molecule has 4 fully saturated rings. The summed E-state index contributed by atoms with van der Waals surface area (Å²) in [6.45, 7) is 3.64. The SMILES string of the molecule is O=C1O[C@]2(CN3CCC2CC3)CN1c1ccc(-c2ccco2)o1. The Morgan fingerprint density at radius 3 is 2.65 bits per heavy atom. The number of fused-ring (bicyclic) bond motifs is 2. The van der Waals surface area contributed by atoms with Gasteiger partial charge < -0.3 is 13.6 Å². The number of hydrogen-bond acceptors (Lipinski definition) is 5. The molecule has 1 amide bonds. The normalized spacial score (nSPS) is 32.7. The van der Waals surface area contributed by atoms with Crippen molar-refractivity contribution < 1.29 is 18.4 Å². The van der Waals surface area contributed by atoms with E-state index in [1.165, 1.54) is 0 Å². The van der Waals surface area contributed by atoms with E-state index in [-0.39, 0.29) is 11.7 Å². The van der Waals surface area contributed by atoms with Gasteiger partial charge in [-0.1, -0.05) is 0 Å². The number of furan rings is 2. The van der Waals surface area contributed by atoms with Gasteiger partial charge in [0.1, 0.15) is 5.60 Å². The maximum Gasteiger partial charge on any atom is 0.417 e. The fourth-order valence-corrected chi connectivity index (χ4v) is 4.20. The second-order valence-electron chi connectivity index (χ2n) is 6.68. The average Bonchev–Trinajstić information content (AvgIpc) is 3.28. The molecule has 0 unspecified atom stereocenters. The molecule has 0 saturated carbocycles. The van der Waals surface area contributed by atoms with Crippen LogP contribution in [0.1, 0.15) is 12.8 Å². The Morgan fingerprint density at radius 1 is 1.09 bits per heavy atom. The van der Waals surface area contributed by atoms with Crippen molar-refractivity contribution in [3.05, 3.63) is 30.5 Å². The predicted octanol–water partition coefficient (Wildman–Crippen LogP) is 2.96. The van der Waals surface area contributed by atoms with Crippen LogP contribution in [0.4, 0.5) is 10.7 Å². The van der Waals surface area contributed by atoms with Gasteiger partial charge in [-0.3, -0.25) is 4.90 Å². The molecular formula is C17H18N2O4. The Kier molecular flexibility index (Phi) is 2.68. The van der Waals surface area contributed by atoms with Gasteiger partial charge in [-0.25, -0.2) is 9.69 Å². The lowest BCUT2D eigenvalue weighted by Crippen LogP contribution is -2.61. The molecule has 120 valence electrons. The summed E-state index contributed by atoms with van der Waals surface area (Å²) in [5, 5.41) is 0. The van der Waals surface area contributed by atoms with Crippen molar-refractivity contribution in [1.29, 1.82) is 0 Å². The van der Waals surface area contributed by atoms with E-state index in [4.69, 9.17) is 13.6 Å². The molecule has 6 rings (SSSR count). The molecule has 1 atom stereocenters. The van der Waals surface area contributed by atoms with E-state index in [0.29, 0.717) is 29.9 Å². The second-order valence-corrected chi connectivity index (χ2v) is 6.68. The molecular weight excluding hydrogens is 296 g/mol. The van der Waals surface area contributed by atoms with Crippen LogP contribution in [0.15, 0.2) is 39.4 Å². The van der Waals surface area contributed by atoms with E-state index in [9.17, 15) is 4.79 Å². The van der Waals surface area contributed by atoms with E-state index < -0.39 is 0 Å². The lowest BCUT2D eigenvalue weighted by molar-refractivity contribution is -0.0881. The largest absolute Gasteiger partial charge is 0.461 e. The van der Waals surface area contributed by atoms with Crippen molar-refractivity contribution in [2.24, 2.45) is 5.92 Å². The van der Waals surface area contributed by atoms with Crippen LogP contribution in [0.5, 0.6) is 0 Å². The van der Waals surface area contributed by atoms with Gasteiger partial charge in [0.2, 0.25) is 5.88 Å². The van der Waals surface area contributed by atoms with Gasteiger partial charge in [-0.2, -0.15) is 0 Å². The fourth-order valence-electron chi connectivity index (χ4n) is 4.20. The third kappa shape index (κ3) is 1.94. The van der Waals surface area contributed by atoms with Gasteiger partial charge in [0, 0.05) is 18.5 Å². The number of piperidine rings is 3. The zero-order chi connectivity index (χ0) is 15.4. The topological polar surface area (TPSA) is 59.1 Å². The monoisotopic (exact) mass is 314 g/mol. The lowest BCUT2D eigenvalue weighted by Gasteiger charge is -2.49. The van der Waals surface area contributed by atoms with Crippen molar-refractivity contribution in [1.82, 2.24) is 4.90 Å². The van der Waals surface area contributed by atoms with E-state index >= 15 is 0 Å². The number of amides is 1. The van der Waals surface area contributed by atoms with Crippen LogP contribution < -0.4 is 4.90 Å². The van der Waals surface area contributed by atoms with Crippen LogP contribution in [0.25, 0.3) is 11.5 Å². The average molecular weight is 314 g/mol. The van der Waals surface area contributed by atoms with Crippen LogP contribution in [0.3, 0.4) is 0 Å². The summed E-state index contributed by atoms with van der Waals surface area (Å²) >= 11 is 0. The number of anilines is 1. The molecule has 4 saturated heterocycles. The standard InChI is InChI=1S/C17H18N2O4/c20-16-19(15-4-3-14(22-15)13-2-1-9-21-13)11-17(23-16)10-18-7-5-12(17)6-8-18/h1-4,9,12H,5-8,10-11H2/t17-/m1/s1. The summed E-state index contributed by atoms with van der Waals surface area (Å²) in [6, 6.07) is 7.27. The summed E-state index contributed by atoms with van der Waals surface area (Å²) in [4.78, 5) is 16.4. The first kappa shape index (κ1) is 13.2. The zero-order valence-electron chi connectivity index (χ0n) is 12.7. The number of carbonyl (C=O) groups excluding carboxylic acids is 1. The summed E-state index contributed by atoms with van der Waals surface area (Å²) in [5.74, 6) is 2.25. The van der Waals surface area contributed by atoms with Gasteiger partial charge in [0.25, 0.3) is 0 Å². The molecule has 0 N–H and O–H groups in total. The maximum absolute atomic E-state index is 12.4. The lowest BCUT2D eigenvalue weighted by atomic mass is 9.75. The van der Waals surface area contributed by atoms with Crippen molar-refractivity contribution in [3.8, 4) is 11.5 Å². The molecule has 4 aliphatic heterocycles. The van der Waals surface area contributed by atoms with Gasteiger partial charge >= 0.3 is 6.09 Å². The highest BCUT2D eigenvalue weighted by atomic mass is 16.6. The Morgan fingerprint density at radius 2 is 1.96 bits per heavy atom. The molecule has 6 heteroatoms. The van der Waals surface area contributed by atoms with Crippen LogP contribution in [-0.2, 0) is 4.74 Å².